The van der Waals surface area contributed by atoms with E-state index in [1.807, 2.05) is 36.4 Å². The van der Waals surface area contributed by atoms with Crippen LogP contribution in [0.2, 0.25) is 0 Å². The fourth-order valence-electron chi connectivity index (χ4n) is 2.51. The predicted octanol–water partition coefficient (Wildman–Crippen LogP) is 1.75. The van der Waals surface area contributed by atoms with E-state index in [1.165, 1.54) is 4.90 Å². The summed E-state index contributed by atoms with van der Waals surface area (Å²) in [7, 11) is 1.64. The molecular weight excluding hydrogens is 264 g/mol. The van der Waals surface area contributed by atoms with Gasteiger partial charge >= 0.3 is 0 Å². The summed E-state index contributed by atoms with van der Waals surface area (Å²) in [5.41, 5.74) is 7.63. The summed E-state index contributed by atoms with van der Waals surface area (Å²) in [6.07, 6.45) is 3.52. The number of rotatable bonds is 2. The van der Waals surface area contributed by atoms with Crippen molar-refractivity contribution in [3.8, 4) is 11.1 Å². The van der Waals surface area contributed by atoms with Crippen LogP contribution in [0, 0.1) is 0 Å². The zero-order chi connectivity index (χ0) is 15.0. The lowest BCUT2D eigenvalue weighted by Gasteiger charge is -2.21. The minimum absolute atomic E-state index is 0.122. The molecule has 21 heavy (non-hydrogen) atoms. The second-order valence-electron chi connectivity index (χ2n) is 5.23. The highest BCUT2D eigenvalue weighted by molar-refractivity contribution is 6.06. The van der Waals surface area contributed by atoms with E-state index in [0.29, 0.717) is 0 Å². The maximum absolute atomic E-state index is 12.4. The molecule has 0 saturated carbocycles. The molecular formula is C16H16N4O. The fraction of sp³-hybridized carbons (Fsp3) is 0.188. The Bertz CT molecular complexity index is 726. The average Bonchev–Trinajstić information content (AvgIpc) is 2.73. The molecule has 3 rings (SSSR count). The Morgan fingerprint density at radius 3 is 2.57 bits per heavy atom. The second-order valence-corrected chi connectivity index (χ2v) is 5.23. The molecule has 0 radical (unpaired) electrons. The zero-order valence-electron chi connectivity index (χ0n) is 11.9. The highest BCUT2D eigenvalue weighted by Crippen LogP contribution is 2.33. The molecule has 1 amide bonds. The molecule has 1 aliphatic rings. The highest BCUT2D eigenvalue weighted by atomic mass is 16.2. The van der Waals surface area contributed by atoms with Crippen LogP contribution in [-0.2, 0) is 10.3 Å². The van der Waals surface area contributed by atoms with Crippen LogP contribution in [-0.4, -0.2) is 28.8 Å². The van der Waals surface area contributed by atoms with E-state index in [9.17, 15) is 4.79 Å². The van der Waals surface area contributed by atoms with Crippen molar-refractivity contribution in [1.82, 2.24) is 9.88 Å². The molecule has 1 unspecified atom stereocenters. The molecule has 5 heteroatoms. The zero-order valence-corrected chi connectivity index (χ0v) is 11.9. The summed E-state index contributed by atoms with van der Waals surface area (Å²) in [6.45, 7) is 1.79. The third-order valence-electron chi connectivity index (χ3n) is 3.82. The Labute approximate surface area is 123 Å². The Hall–Kier alpha value is -2.69. The fourth-order valence-corrected chi connectivity index (χ4v) is 2.51. The standard InChI is InChI=1S/C16H16N4O/c1-16(14(21)20(2)15(17)19-16)13-7-3-5-11(9-13)12-6-4-8-18-10-12/h3-10H,1-2H3,(H2,17,19). The van der Waals surface area contributed by atoms with Crippen molar-refractivity contribution >= 4 is 11.9 Å². The van der Waals surface area contributed by atoms with Crippen molar-refractivity contribution in [3.63, 3.8) is 0 Å². The van der Waals surface area contributed by atoms with Gasteiger partial charge in [-0.25, -0.2) is 4.99 Å². The van der Waals surface area contributed by atoms with Gasteiger partial charge in [-0.15, -0.1) is 0 Å². The number of nitrogens with two attached hydrogens (primary N) is 1. The number of guanidine groups is 1. The summed E-state index contributed by atoms with van der Waals surface area (Å²) < 4.78 is 0. The minimum Gasteiger partial charge on any atom is -0.369 e. The number of carbonyl (C=O) groups is 1. The quantitative estimate of drug-likeness (QED) is 0.911. The van der Waals surface area contributed by atoms with Crippen LogP contribution in [0.4, 0.5) is 0 Å². The molecule has 5 nitrogen and oxygen atoms in total. The van der Waals surface area contributed by atoms with E-state index < -0.39 is 5.54 Å². The van der Waals surface area contributed by atoms with Gasteiger partial charge in [0.25, 0.3) is 5.91 Å². The molecule has 106 valence electrons. The lowest BCUT2D eigenvalue weighted by molar-refractivity contribution is -0.130. The van der Waals surface area contributed by atoms with Gasteiger partial charge in [0.15, 0.2) is 11.5 Å². The van der Waals surface area contributed by atoms with Gasteiger partial charge in [0.1, 0.15) is 0 Å². The summed E-state index contributed by atoms with van der Waals surface area (Å²) in [5.74, 6) is 0.123. The normalized spacial score (nSPS) is 21.5. The maximum Gasteiger partial charge on any atom is 0.261 e. The van der Waals surface area contributed by atoms with Crippen LogP contribution >= 0.6 is 0 Å². The van der Waals surface area contributed by atoms with Crippen molar-refractivity contribution in [2.75, 3.05) is 7.05 Å². The molecule has 0 fully saturated rings. The average molecular weight is 280 g/mol. The predicted molar refractivity (Wildman–Crippen MR) is 81.4 cm³/mol. The Kier molecular flexibility index (Phi) is 2.97. The summed E-state index contributed by atoms with van der Waals surface area (Å²) in [6, 6.07) is 11.6. The third-order valence-corrected chi connectivity index (χ3v) is 3.82. The maximum atomic E-state index is 12.4. The van der Waals surface area contributed by atoms with Gasteiger partial charge in [-0.05, 0) is 35.7 Å². The molecule has 1 aliphatic heterocycles. The molecule has 2 heterocycles. The first kappa shape index (κ1) is 13.3. The summed E-state index contributed by atoms with van der Waals surface area (Å²) >= 11 is 0. The number of aromatic nitrogens is 1. The van der Waals surface area contributed by atoms with Crippen LogP contribution in [0.25, 0.3) is 11.1 Å². The number of hydrogen-bond donors (Lipinski definition) is 1. The molecule has 0 aliphatic carbocycles. The largest absolute Gasteiger partial charge is 0.369 e. The van der Waals surface area contributed by atoms with Crippen LogP contribution in [0.5, 0.6) is 0 Å². The highest BCUT2D eigenvalue weighted by Gasteiger charge is 2.43. The van der Waals surface area contributed by atoms with Gasteiger partial charge in [0, 0.05) is 19.4 Å². The van der Waals surface area contributed by atoms with Crippen LogP contribution in [0.3, 0.4) is 0 Å². The molecule has 0 spiro atoms. The van der Waals surface area contributed by atoms with Crippen LogP contribution in [0.15, 0.2) is 53.8 Å². The Morgan fingerprint density at radius 1 is 1.19 bits per heavy atom. The van der Waals surface area contributed by atoms with E-state index in [0.717, 1.165) is 16.7 Å². The first-order valence-corrected chi connectivity index (χ1v) is 6.67. The van der Waals surface area contributed by atoms with Gasteiger partial charge in [0.05, 0.1) is 0 Å². The number of carbonyl (C=O) groups excluding carboxylic acids is 1. The van der Waals surface area contributed by atoms with Crippen LogP contribution in [0.1, 0.15) is 12.5 Å². The van der Waals surface area contributed by atoms with Crippen molar-refractivity contribution in [2.24, 2.45) is 10.7 Å². The number of likely N-dealkylation sites (N-methyl/N-ethyl adjacent to an activating group) is 1. The SMILES string of the molecule is CN1C(=O)C(C)(c2cccc(-c3cccnc3)c2)N=C1N. The minimum atomic E-state index is -0.961. The number of pyridine rings is 1. The molecule has 2 aromatic rings. The Balaban J connectivity index is 2.07. The first-order valence-electron chi connectivity index (χ1n) is 6.67. The molecule has 0 saturated heterocycles. The van der Waals surface area contributed by atoms with Gasteiger partial charge < -0.3 is 5.73 Å². The monoisotopic (exact) mass is 280 g/mol. The molecule has 1 atom stereocenters. The smallest absolute Gasteiger partial charge is 0.261 e. The molecule has 0 bridgehead atoms. The topological polar surface area (TPSA) is 71.6 Å². The van der Waals surface area contributed by atoms with Gasteiger partial charge in [-0.2, -0.15) is 0 Å². The van der Waals surface area contributed by atoms with E-state index in [-0.39, 0.29) is 11.9 Å². The van der Waals surface area contributed by atoms with Crippen molar-refractivity contribution in [1.29, 1.82) is 0 Å². The summed E-state index contributed by atoms with van der Waals surface area (Å²) in [4.78, 5) is 22.3. The molecule has 1 aromatic heterocycles. The first-order chi connectivity index (χ1) is 10.0. The van der Waals surface area contributed by atoms with E-state index in [2.05, 4.69) is 9.98 Å². The van der Waals surface area contributed by atoms with Crippen LogP contribution < -0.4 is 5.73 Å². The Morgan fingerprint density at radius 2 is 1.95 bits per heavy atom. The van der Waals surface area contributed by atoms with Gasteiger partial charge in [0.2, 0.25) is 0 Å². The van der Waals surface area contributed by atoms with Crippen molar-refractivity contribution in [2.45, 2.75) is 12.5 Å². The van der Waals surface area contributed by atoms with E-state index in [4.69, 9.17) is 5.73 Å². The number of benzene rings is 1. The van der Waals surface area contributed by atoms with E-state index >= 15 is 0 Å². The van der Waals surface area contributed by atoms with Gasteiger partial charge in [-0.1, -0.05) is 24.3 Å². The third kappa shape index (κ3) is 2.07. The number of amides is 1. The lowest BCUT2D eigenvalue weighted by atomic mass is 9.90. The van der Waals surface area contributed by atoms with Crippen molar-refractivity contribution in [3.05, 3.63) is 54.4 Å². The van der Waals surface area contributed by atoms with E-state index in [1.54, 1.807) is 26.4 Å². The molecule has 2 N–H and O–H groups in total. The number of aliphatic imine (C=N–C) groups is 1. The molecule has 1 aromatic carbocycles. The lowest BCUT2D eigenvalue weighted by Crippen LogP contribution is -2.38. The summed E-state index contributed by atoms with van der Waals surface area (Å²) in [5, 5.41) is 0. The number of nitrogens with zero attached hydrogens (tertiary/aromatic N) is 3. The second kappa shape index (κ2) is 4.70. The number of hydrogen-bond acceptors (Lipinski definition) is 4. The van der Waals surface area contributed by atoms with Gasteiger partial charge in [-0.3, -0.25) is 14.7 Å². The van der Waals surface area contributed by atoms with Crippen molar-refractivity contribution < 1.29 is 4.79 Å².